The summed E-state index contributed by atoms with van der Waals surface area (Å²) in [6, 6.07) is 14.5. The van der Waals surface area contributed by atoms with E-state index in [4.69, 9.17) is 4.42 Å². The van der Waals surface area contributed by atoms with Crippen LogP contribution in [0.4, 0.5) is 4.39 Å². The number of benzene rings is 2. The van der Waals surface area contributed by atoms with E-state index in [0.717, 1.165) is 22.6 Å². The zero-order valence-electron chi connectivity index (χ0n) is 10.1. The molecule has 0 saturated carbocycles. The first-order valence-corrected chi connectivity index (χ1v) is 5.85. The quantitative estimate of drug-likeness (QED) is 0.420. The number of para-hydroxylation sites is 1. The molecule has 2 aromatic carbocycles. The third-order valence-electron chi connectivity index (χ3n) is 3.10. The Hall–Kier alpha value is -1.97. The van der Waals surface area contributed by atoms with Gasteiger partial charge in [0.15, 0.2) is 5.82 Å². The molecule has 2 heterocycles. The molecule has 2 aromatic heterocycles. The van der Waals surface area contributed by atoms with Gasteiger partial charge in [-0.2, -0.15) is 23.3 Å². The van der Waals surface area contributed by atoms with Crippen LogP contribution in [0.5, 0.6) is 0 Å². The summed E-state index contributed by atoms with van der Waals surface area (Å²) in [6.07, 6.45) is 2.47. The van der Waals surface area contributed by atoms with Crippen LogP contribution < -0.4 is 0 Å². The van der Waals surface area contributed by atoms with Crippen molar-refractivity contribution < 1.29 is 28.9 Å². The Morgan fingerprint density at radius 3 is 2.80 bits per heavy atom. The molecule has 0 aliphatic heterocycles. The zero-order chi connectivity index (χ0) is 12.8. The summed E-state index contributed by atoms with van der Waals surface area (Å²) in [5, 5.41) is 5.96. The van der Waals surface area contributed by atoms with Gasteiger partial charge < -0.3 is 4.42 Å². The maximum atomic E-state index is 13.1. The molecule has 5 heteroatoms. The van der Waals surface area contributed by atoms with Crippen LogP contribution in [0.25, 0.3) is 27.6 Å². The van der Waals surface area contributed by atoms with Crippen molar-refractivity contribution in [2.75, 3.05) is 0 Å². The smallest absolute Gasteiger partial charge is 0.161 e. The molecule has 0 amide bonds. The minimum Gasteiger partial charge on any atom is -0.513 e. The van der Waals surface area contributed by atoms with Gasteiger partial charge in [-0.3, -0.25) is 4.68 Å². The van der Waals surface area contributed by atoms with Crippen molar-refractivity contribution in [3.63, 3.8) is 0 Å². The summed E-state index contributed by atoms with van der Waals surface area (Å²) in [6.45, 7) is 0. The van der Waals surface area contributed by atoms with E-state index in [1.54, 1.807) is 6.07 Å². The second-order valence-corrected chi connectivity index (χ2v) is 4.27. The number of hydrogen-bond acceptors (Lipinski definition) is 2. The summed E-state index contributed by atoms with van der Waals surface area (Å²) in [5.41, 5.74) is 2.07. The molecule has 0 aliphatic carbocycles. The number of hydrogen-bond donors (Lipinski definition) is 0. The van der Waals surface area contributed by atoms with Crippen molar-refractivity contribution >= 4 is 21.9 Å². The predicted molar refractivity (Wildman–Crippen MR) is 69.6 cm³/mol. The van der Waals surface area contributed by atoms with Gasteiger partial charge in [-0.05, 0) is 11.8 Å². The fourth-order valence-corrected chi connectivity index (χ4v) is 2.27. The number of aromatic nitrogens is 2. The van der Waals surface area contributed by atoms with Gasteiger partial charge in [0.25, 0.3) is 0 Å². The third-order valence-corrected chi connectivity index (χ3v) is 3.10. The van der Waals surface area contributed by atoms with E-state index in [1.807, 2.05) is 30.3 Å². The first-order chi connectivity index (χ1) is 9.33. The van der Waals surface area contributed by atoms with Crippen molar-refractivity contribution in [1.29, 1.82) is 0 Å². The minimum absolute atomic E-state index is 0. The number of furan rings is 1. The summed E-state index contributed by atoms with van der Waals surface area (Å²) in [7, 11) is 0. The molecule has 0 fully saturated rings. The molecule has 0 atom stereocenters. The van der Waals surface area contributed by atoms with Crippen LogP contribution in [0.1, 0.15) is 0 Å². The Labute approximate surface area is 127 Å². The van der Waals surface area contributed by atoms with Gasteiger partial charge in [0.1, 0.15) is 5.58 Å². The first-order valence-electron chi connectivity index (χ1n) is 5.85. The summed E-state index contributed by atoms with van der Waals surface area (Å²) < 4.78 is 20.4. The third kappa shape index (κ3) is 1.87. The predicted octanol–water partition coefficient (Wildman–Crippen LogP) is 3.71. The van der Waals surface area contributed by atoms with Crippen LogP contribution in [0.15, 0.2) is 53.2 Å². The van der Waals surface area contributed by atoms with E-state index in [0.29, 0.717) is 11.3 Å². The number of nitrogens with zero attached hydrogens (tertiary/aromatic N) is 2. The Bertz CT molecular complexity index is 897. The van der Waals surface area contributed by atoms with Crippen LogP contribution in [0.2, 0.25) is 0 Å². The largest absolute Gasteiger partial charge is 0.513 e. The van der Waals surface area contributed by atoms with E-state index in [-0.39, 0.29) is 25.9 Å². The number of halogens is 1. The van der Waals surface area contributed by atoms with E-state index in [1.165, 1.54) is 10.9 Å². The van der Waals surface area contributed by atoms with E-state index in [2.05, 4.69) is 11.2 Å². The topological polar surface area (TPSA) is 31.0 Å². The summed E-state index contributed by atoms with van der Waals surface area (Å²) >= 11 is 0. The zero-order valence-corrected chi connectivity index (χ0v) is 12.5. The maximum absolute atomic E-state index is 13.1. The fourth-order valence-electron chi connectivity index (χ4n) is 2.27. The molecule has 0 bridgehead atoms. The van der Waals surface area contributed by atoms with Crippen LogP contribution in [-0.2, 0) is 20.1 Å². The molecule has 0 unspecified atom stereocenters. The molecule has 3 nitrogen and oxygen atoms in total. The van der Waals surface area contributed by atoms with Crippen LogP contribution in [-0.4, -0.2) is 9.78 Å². The van der Waals surface area contributed by atoms with Gasteiger partial charge >= 0.3 is 0 Å². The Morgan fingerprint density at radius 1 is 1.15 bits per heavy atom. The summed E-state index contributed by atoms with van der Waals surface area (Å²) in [5.74, 6) is -0.387. The molecular weight excluding hydrogens is 435 g/mol. The molecule has 101 valence electrons. The Kier molecular flexibility index (Phi) is 3.16. The minimum atomic E-state index is -0.387. The van der Waals surface area contributed by atoms with Crippen LogP contribution in [0, 0.1) is 11.9 Å². The molecule has 4 rings (SSSR count). The van der Waals surface area contributed by atoms with Gasteiger partial charge in [0.05, 0.1) is 12.4 Å². The monoisotopic (exact) mass is 444 g/mol. The van der Waals surface area contributed by atoms with E-state index < -0.39 is 0 Å². The first kappa shape index (κ1) is 13.0. The molecule has 20 heavy (non-hydrogen) atoms. The number of fused-ring (bicyclic) bond motifs is 3. The molecule has 0 spiro atoms. The fraction of sp³-hybridized carbons (Fsp3) is 0. The Balaban J connectivity index is 0.00000121. The van der Waals surface area contributed by atoms with Gasteiger partial charge in [-0.15, -0.1) is 0 Å². The van der Waals surface area contributed by atoms with Gasteiger partial charge in [0, 0.05) is 31.1 Å². The SMILES string of the molecule is Fc1cnn(-c2[c-]ccc3c2oc2ccccc23)c1.[Ir]. The normalized spacial score (nSPS) is 10.8. The average Bonchev–Trinajstić information content (AvgIpc) is 3.02. The molecule has 0 saturated heterocycles. The van der Waals surface area contributed by atoms with Crippen molar-refractivity contribution in [3.8, 4) is 5.69 Å². The van der Waals surface area contributed by atoms with Gasteiger partial charge in [-0.1, -0.05) is 23.6 Å². The average molecular weight is 443 g/mol. The molecule has 0 aliphatic rings. The van der Waals surface area contributed by atoms with E-state index >= 15 is 0 Å². The van der Waals surface area contributed by atoms with Crippen molar-refractivity contribution in [2.45, 2.75) is 0 Å². The Morgan fingerprint density at radius 2 is 2.00 bits per heavy atom. The standard InChI is InChI=1S/C15H8FN2O.Ir/c16-10-8-17-18(9-10)13-6-3-5-12-11-4-1-2-7-14(11)19-15(12)13;/h1-5,7-9H;/q-1;. The second-order valence-electron chi connectivity index (χ2n) is 4.27. The number of rotatable bonds is 1. The van der Waals surface area contributed by atoms with Gasteiger partial charge in [0.2, 0.25) is 0 Å². The molecule has 4 aromatic rings. The van der Waals surface area contributed by atoms with Gasteiger partial charge in [-0.25, -0.2) is 4.39 Å². The van der Waals surface area contributed by atoms with Crippen LogP contribution >= 0.6 is 0 Å². The molecule has 1 radical (unpaired) electrons. The van der Waals surface area contributed by atoms with E-state index in [9.17, 15) is 4.39 Å². The van der Waals surface area contributed by atoms with Crippen molar-refractivity contribution in [3.05, 3.63) is 60.7 Å². The molecular formula is C15H8FIrN2O-. The second kappa shape index (κ2) is 4.85. The molecule has 0 N–H and O–H groups in total. The summed E-state index contributed by atoms with van der Waals surface area (Å²) in [4.78, 5) is 0. The van der Waals surface area contributed by atoms with Crippen LogP contribution in [0.3, 0.4) is 0 Å². The van der Waals surface area contributed by atoms with Crippen molar-refractivity contribution in [2.24, 2.45) is 0 Å². The maximum Gasteiger partial charge on any atom is 0.161 e. The van der Waals surface area contributed by atoms with Crippen molar-refractivity contribution in [1.82, 2.24) is 9.78 Å².